The highest BCUT2D eigenvalue weighted by molar-refractivity contribution is 5.88. The van der Waals surface area contributed by atoms with Crippen molar-refractivity contribution in [1.82, 2.24) is 15.5 Å². The summed E-state index contributed by atoms with van der Waals surface area (Å²) in [4.78, 5) is 39.3. The number of ether oxygens (including phenoxy) is 1. The SMILES string of the molecule is CCC(NC(=O)CNC(=O)C12CC3CC(CC(C3)C1)C2)c1ccccc1OCC(=O)N(C)C. The number of rotatable bonds is 9. The first-order valence-corrected chi connectivity index (χ1v) is 12.3. The van der Waals surface area contributed by atoms with Crippen LogP contribution in [-0.2, 0) is 14.4 Å². The molecule has 0 aliphatic heterocycles. The van der Waals surface area contributed by atoms with Crippen LogP contribution < -0.4 is 15.4 Å². The third-order valence-electron chi connectivity index (χ3n) is 7.82. The normalized spacial score (nSPS) is 28.2. The number of carbonyl (C=O) groups is 3. The van der Waals surface area contributed by atoms with Crippen LogP contribution in [0.4, 0.5) is 0 Å². The number of hydrogen-bond acceptors (Lipinski definition) is 4. The highest BCUT2D eigenvalue weighted by Gasteiger charge is 2.54. The summed E-state index contributed by atoms with van der Waals surface area (Å²) in [5.74, 6) is 2.38. The van der Waals surface area contributed by atoms with E-state index < -0.39 is 0 Å². The Balaban J connectivity index is 1.33. The molecular weight excluding hydrogens is 418 g/mol. The first-order valence-electron chi connectivity index (χ1n) is 12.3. The van der Waals surface area contributed by atoms with Crippen LogP contribution in [0.5, 0.6) is 5.75 Å². The number of nitrogens with zero attached hydrogens (tertiary/aromatic N) is 1. The van der Waals surface area contributed by atoms with Crippen molar-refractivity contribution in [3.63, 3.8) is 0 Å². The Labute approximate surface area is 196 Å². The van der Waals surface area contributed by atoms with Gasteiger partial charge in [-0.1, -0.05) is 25.1 Å². The van der Waals surface area contributed by atoms with E-state index >= 15 is 0 Å². The van der Waals surface area contributed by atoms with Gasteiger partial charge in [-0.15, -0.1) is 0 Å². The molecule has 180 valence electrons. The Morgan fingerprint density at radius 3 is 2.24 bits per heavy atom. The Hall–Kier alpha value is -2.57. The molecule has 33 heavy (non-hydrogen) atoms. The number of benzene rings is 1. The maximum atomic E-state index is 13.1. The van der Waals surface area contributed by atoms with Crippen LogP contribution in [0.3, 0.4) is 0 Å². The number of nitrogens with one attached hydrogen (secondary N) is 2. The first kappa shape index (κ1) is 23.6. The van der Waals surface area contributed by atoms with Gasteiger partial charge in [-0.25, -0.2) is 0 Å². The smallest absolute Gasteiger partial charge is 0.259 e. The molecule has 4 bridgehead atoms. The Bertz CT molecular complexity index is 862. The van der Waals surface area contributed by atoms with Crippen LogP contribution in [0.15, 0.2) is 24.3 Å². The molecule has 0 saturated heterocycles. The molecule has 4 saturated carbocycles. The maximum absolute atomic E-state index is 13.1. The predicted octanol–water partition coefficient (Wildman–Crippen LogP) is 3.05. The summed E-state index contributed by atoms with van der Waals surface area (Å²) in [7, 11) is 3.37. The summed E-state index contributed by atoms with van der Waals surface area (Å²) >= 11 is 0. The van der Waals surface area contributed by atoms with Gasteiger partial charge in [-0.3, -0.25) is 14.4 Å². The van der Waals surface area contributed by atoms with Crippen molar-refractivity contribution in [1.29, 1.82) is 0 Å². The van der Waals surface area contributed by atoms with E-state index in [9.17, 15) is 14.4 Å². The highest BCUT2D eigenvalue weighted by atomic mass is 16.5. The number of amides is 3. The Kier molecular flexibility index (Phi) is 6.96. The summed E-state index contributed by atoms with van der Waals surface area (Å²) in [6, 6.07) is 7.18. The van der Waals surface area contributed by atoms with E-state index in [2.05, 4.69) is 10.6 Å². The van der Waals surface area contributed by atoms with E-state index in [1.54, 1.807) is 14.1 Å². The monoisotopic (exact) mass is 455 g/mol. The fraction of sp³-hybridized carbons (Fsp3) is 0.654. The zero-order valence-corrected chi connectivity index (χ0v) is 20.1. The van der Waals surface area contributed by atoms with E-state index in [0.29, 0.717) is 29.9 Å². The minimum Gasteiger partial charge on any atom is -0.483 e. The van der Waals surface area contributed by atoms with Gasteiger partial charge < -0.3 is 20.3 Å². The zero-order chi connectivity index (χ0) is 23.6. The average Bonchev–Trinajstić information content (AvgIpc) is 2.78. The van der Waals surface area contributed by atoms with Gasteiger partial charge in [0.05, 0.1) is 12.6 Å². The summed E-state index contributed by atoms with van der Waals surface area (Å²) in [6.45, 7) is 1.91. The minimum absolute atomic E-state index is 0.0147. The van der Waals surface area contributed by atoms with Crippen LogP contribution in [-0.4, -0.2) is 49.9 Å². The number of likely N-dealkylation sites (N-methyl/N-ethyl adjacent to an activating group) is 1. The van der Waals surface area contributed by atoms with Crippen molar-refractivity contribution >= 4 is 17.7 Å². The van der Waals surface area contributed by atoms with Crippen molar-refractivity contribution in [2.24, 2.45) is 23.2 Å². The molecule has 1 unspecified atom stereocenters. The molecule has 4 aliphatic rings. The summed E-state index contributed by atoms with van der Waals surface area (Å²) in [5.41, 5.74) is 0.575. The molecule has 1 aromatic carbocycles. The summed E-state index contributed by atoms with van der Waals surface area (Å²) in [6.07, 6.45) is 7.48. The van der Waals surface area contributed by atoms with Crippen molar-refractivity contribution in [2.75, 3.05) is 27.2 Å². The molecule has 1 aromatic rings. The van der Waals surface area contributed by atoms with E-state index in [4.69, 9.17) is 4.74 Å². The summed E-state index contributed by atoms with van der Waals surface area (Å²) in [5, 5.41) is 5.99. The molecule has 0 heterocycles. The van der Waals surface area contributed by atoms with E-state index in [1.807, 2.05) is 31.2 Å². The van der Waals surface area contributed by atoms with Gasteiger partial charge in [0.2, 0.25) is 11.8 Å². The molecule has 7 heteroatoms. The van der Waals surface area contributed by atoms with Crippen LogP contribution >= 0.6 is 0 Å². The van der Waals surface area contributed by atoms with Gasteiger partial charge in [-0.05, 0) is 68.8 Å². The molecule has 5 rings (SSSR count). The van der Waals surface area contributed by atoms with Crippen molar-refractivity contribution in [3.05, 3.63) is 29.8 Å². The molecule has 1 atom stereocenters. The molecule has 3 amide bonds. The fourth-order valence-corrected chi connectivity index (χ4v) is 6.55. The molecule has 4 aliphatic carbocycles. The lowest BCUT2D eigenvalue weighted by Crippen LogP contribution is -2.54. The quantitative estimate of drug-likeness (QED) is 0.599. The van der Waals surface area contributed by atoms with E-state index in [-0.39, 0.29) is 42.3 Å². The molecular formula is C26H37N3O4. The highest BCUT2D eigenvalue weighted by Crippen LogP contribution is 2.60. The minimum atomic E-state index is -0.264. The molecule has 4 fully saturated rings. The van der Waals surface area contributed by atoms with Crippen molar-refractivity contribution < 1.29 is 19.1 Å². The predicted molar refractivity (Wildman–Crippen MR) is 125 cm³/mol. The third-order valence-corrected chi connectivity index (χ3v) is 7.82. The van der Waals surface area contributed by atoms with Crippen molar-refractivity contribution in [2.45, 2.75) is 57.9 Å². The summed E-state index contributed by atoms with van der Waals surface area (Å²) < 4.78 is 5.75. The molecule has 7 nitrogen and oxygen atoms in total. The zero-order valence-electron chi connectivity index (χ0n) is 20.1. The maximum Gasteiger partial charge on any atom is 0.259 e. The van der Waals surface area contributed by atoms with Crippen LogP contribution in [0.2, 0.25) is 0 Å². The fourth-order valence-electron chi connectivity index (χ4n) is 6.55. The van der Waals surface area contributed by atoms with Crippen molar-refractivity contribution in [3.8, 4) is 5.75 Å². The topological polar surface area (TPSA) is 87.7 Å². The second-order valence-corrected chi connectivity index (χ2v) is 10.5. The lowest BCUT2D eigenvalue weighted by atomic mass is 9.49. The second kappa shape index (κ2) is 9.74. The average molecular weight is 456 g/mol. The number of hydrogen-bond donors (Lipinski definition) is 2. The standard InChI is InChI=1S/C26H37N3O4/c1-4-21(20-7-5-6-8-22(20)33-16-24(31)29(2)3)28-23(30)15-27-25(32)26-12-17-9-18(13-26)11-19(10-17)14-26/h5-8,17-19,21H,4,9-16H2,1-3H3,(H,27,32)(H,28,30). The van der Waals surface area contributed by atoms with Crippen LogP contribution in [0.25, 0.3) is 0 Å². The van der Waals surface area contributed by atoms with E-state index in [0.717, 1.165) is 24.8 Å². The number of para-hydroxylation sites is 1. The molecule has 0 spiro atoms. The van der Waals surface area contributed by atoms with Gasteiger partial charge in [0.25, 0.3) is 5.91 Å². The van der Waals surface area contributed by atoms with Gasteiger partial charge in [0.15, 0.2) is 6.61 Å². The van der Waals surface area contributed by atoms with Gasteiger partial charge >= 0.3 is 0 Å². The van der Waals surface area contributed by atoms with Gasteiger partial charge in [0.1, 0.15) is 5.75 Å². The Morgan fingerprint density at radius 2 is 1.67 bits per heavy atom. The van der Waals surface area contributed by atoms with Crippen LogP contribution in [0, 0.1) is 23.2 Å². The second-order valence-electron chi connectivity index (χ2n) is 10.5. The van der Waals surface area contributed by atoms with Gasteiger partial charge in [0, 0.05) is 25.1 Å². The van der Waals surface area contributed by atoms with E-state index in [1.165, 1.54) is 24.2 Å². The first-order chi connectivity index (χ1) is 15.8. The lowest BCUT2D eigenvalue weighted by molar-refractivity contribution is -0.147. The number of carbonyl (C=O) groups excluding carboxylic acids is 3. The Morgan fingerprint density at radius 1 is 1.06 bits per heavy atom. The molecule has 0 radical (unpaired) electrons. The van der Waals surface area contributed by atoms with Crippen LogP contribution in [0.1, 0.15) is 63.5 Å². The molecule has 2 N–H and O–H groups in total. The van der Waals surface area contributed by atoms with Gasteiger partial charge in [-0.2, -0.15) is 0 Å². The molecule has 0 aromatic heterocycles. The largest absolute Gasteiger partial charge is 0.483 e. The third kappa shape index (κ3) is 5.17. The lowest BCUT2D eigenvalue weighted by Gasteiger charge is -2.55.